The van der Waals surface area contributed by atoms with Gasteiger partial charge in [-0.2, -0.15) is 0 Å². The maximum absolute atomic E-state index is 12.4. The molecule has 0 unspecified atom stereocenters. The van der Waals surface area contributed by atoms with Gasteiger partial charge in [-0.05, 0) is 13.0 Å². The molecule has 92 valence electrons. The maximum Gasteiger partial charge on any atom is 0.227 e. The van der Waals surface area contributed by atoms with E-state index in [-0.39, 0.29) is 5.92 Å². The van der Waals surface area contributed by atoms with E-state index < -0.39 is 0 Å². The monoisotopic (exact) mass is 226 g/mol. The molecule has 0 aromatic rings. The Hall–Kier alpha value is -0.610. The smallest absolute Gasteiger partial charge is 0.227 e. The minimum atomic E-state index is 0.216. The van der Waals surface area contributed by atoms with Gasteiger partial charge in [-0.1, -0.05) is 13.3 Å². The van der Waals surface area contributed by atoms with Crippen LogP contribution in [0.2, 0.25) is 0 Å². The highest BCUT2D eigenvalue weighted by Crippen LogP contribution is 2.27. The zero-order valence-electron chi connectivity index (χ0n) is 10.3. The number of morpholine rings is 1. The van der Waals surface area contributed by atoms with Crippen LogP contribution in [0.5, 0.6) is 0 Å². The number of ether oxygens (including phenoxy) is 1. The molecule has 0 N–H and O–H groups in total. The highest BCUT2D eigenvalue weighted by molar-refractivity contribution is 5.79. The summed E-state index contributed by atoms with van der Waals surface area (Å²) in [6, 6.07) is 0. The van der Waals surface area contributed by atoms with Crippen molar-refractivity contribution < 1.29 is 9.53 Å². The number of rotatable bonds is 2. The van der Waals surface area contributed by atoms with E-state index in [9.17, 15) is 4.79 Å². The highest BCUT2D eigenvalue weighted by Gasteiger charge is 2.37. The van der Waals surface area contributed by atoms with Crippen LogP contribution in [0, 0.1) is 11.8 Å². The molecule has 0 aromatic carbocycles. The van der Waals surface area contributed by atoms with Crippen LogP contribution < -0.4 is 0 Å². The summed E-state index contributed by atoms with van der Waals surface area (Å²) < 4.78 is 5.28. The first-order valence-corrected chi connectivity index (χ1v) is 6.27. The van der Waals surface area contributed by atoms with Gasteiger partial charge >= 0.3 is 0 Å². The van der Waals surface area contributed by atoms with Gasteiger partial charge in [0.25, 0.3) is 0 Å². The average molecular weight is 226 g/mol. The molecule has 0 aromatic heterocycles. The number of hydrogen-bond donors (Lipinski definition) is 0. The molecule has 1 amide bonds. The van der Waals surface area contributed by atoms with Crippen molar-refractivity contribution in [3.05, 3.63) is 0 Å². The fourth-order valence-electron chi connectivity index (χ4n) is 2.80. The second kappa shape index (κ2) is 5.15. The number of amides is 1. The third-order valence-corrected chi connectivity index (χ3v) is 3.79. The predicted octanol–water partition coefficient (Wildman–Crippen LogP) is 0.433. The van der Waals surface area contributed by atoms with Crippen LogP contribution >= 0.6 is 0 Å². The number of nitrogens with zero attached hydrogens (tertiary/aromatic N) is 2. The van der Waals surface area contributed by atoms with Crippen LogP contribution in [0.1, 0.15) is 13.3 Å². The van der Waals surface area contributed by atoms with Gasteiger partial charge in [-0.3, -0.25) is 4.79 Å². The number of hydrogen-bond acceptors (Lipinski definition) is 3. The van der Waals surface area contributed by atoms with Crippen molar-refractivity contribution in [2.24, 2.45) is 11.8 Å². The zero-order chi connectivity index (χ0) is 11.5. The quantitative estimate of drug-likeness (QED) is 0.684. The summed E-state index contributed by atoms with van der Waals surface area (Å²) in [5.41, 5.74) is 0. The number of likely N-dealkylation sites (tertiary alicyclic amines) is 1. The topological polar surface area (TPSA) is 32.8 Å². The van der Waals surface area contributed by atoms with E-state index in [2.05, 4.69) is 18.9 Å². The minimum Gasteiger partial charge on any atom is -0.378 e. The van der Waals surface area contributed by atoms with Crippen LogP contribution in [0.3, 0.4) is 0 Å². The molecule has 2 atom stereocenters. The van der Waals surface area contributed by atoms with E-state index in [0.29, 0.717) is 25.0 Å². The van der Waals surface area contributed by atoms with Crippen LogP contribution in [0.4, 0.5) is 0 Å². The Labute approximate surface area is 97.5 Å². The van der Waals surface area contributed by atoms with Crippen molar-refractivity contribution in [1.29, 1.82) is 0 Å². The molecule has 2 heterocycles. The summed E-state index contributed by atoms with van der Waals surface area (Å²) in [4.78, 5) is 16.6. The standard InChI is InChI=1S/C12H22N2O2/c1-3-10-8-13(2)9-11(10)12(15)14-4-6-16-7-5-14/h10-11H,3-9H2,1-2H3/t10-,11+/m1/s1. The maximum atomic E-state index is 12.4. The van der Waals surface area contributed by atoms with E-state index >= 15 is 0 Å². The summed E-state index contributed by atoms with van der Waals surface area (Å²) in [5, 5.41) is 0. The van der Waals surface area contributed by atoms with Crippen LogP contribution in [-0.4, -0.2) is 62.1 Å². The first-order valence-electron chi connectivity index (χ1n) is 6.27. The molecule has 0 radical (unpaired) electrons. The molecule has 2 rings (SSSR count). The van der Waals surface area contributed by atoms with Gasteiger partial charge in [0.15, 0.2) is 0 Å². The van der Waals surface area contributed by atoms with E-state index in [1.165, 1.54) is 0 Å². The molecular formula is C12H22N2O2. The molecule has 0 aliphatic carbocycles. The molecular weight excluding hydrogens is 204 g/mol. The van der Waals surface area contributed by atoms with E-state index in [4.69, 9.17) is 4.74 Å². The van der Waals surface area contributed by atoms with Crippen LogP contribution in [-0.2, 0) is 9.53 Å². The van der Waals surface area contributed by atoms with Crippen LogP contribution in [0.15, 0.2) is 0 Å². The van der Waals surface area contributed by atoms with E-state index in [0.717, 1.165) is 32.6 Å². The molecule has 4 nitrogen and oxygen atoms in total. The van der Waals surface area contributed by atoms with Gasteiger partial charge in [-0.25, -0.2) is 0 Å². The molecule has 0 spiro atoms. The summed E-state index contributed by atoms with van der Waals surface area (Å²) in [6.07, 6.45) is 1.10. The fraction of sp³-hybridized carbons (Fsp3) is 0.917. The minimum absolute atomic E-state index is 0.216. The van der Waals surface area contributed by atoms with Gasteiger partial charge < -0.3 is 14.5 Å². The first kappa shape index (κ1) is 11.9. The fourth-order valence-corrected chi connectivity index (χ4v) is 2.80. The van der Waals surface area contributed by atoms with Crippen LogP contribution in [0.25, 0.3) is 0 Å². The van der Waals surface area contributed by atoms with Gasteiger partial charge in [0.2, 0.25) is 5.91 Å². The first-order chi connectivity index (χ1) is 7.72. The molecule has 0 bridgehead atoms. The van der Waals surface area contributed by atoms with E-state index in [1.54, 1.807) is 0 Å². The Bertz CT molecular complexity index is 251. The lowest BCUT2D eigenvalue weighted by molar-refractivity contribution is -0.140. The second-order valence-corrected chi connectivity index (χ2v) is 4.93. The Morgan fingerprint density at radius 2 is 2.00 bits per heavy atom. The number of carbonyl (C=O) groups excluding carboxylic acids is 1. The normalized spacial score (nSPS) is 32.0. The lowest BCUT2D eigenvalue weighted by Gasteiger charge is -2.30. The Morgan fingerprint density at radius 3 is 2.62 bits per heavy atom. The predicted molar refractivity (Wildman–Crippen MR) is 62.2 cm³/mol. The molecule has 0 saturated carbocycles. The van der Waals surface area contributed by atoms with Gasteiger partial charge in [0, 0.05) is 26.2 Å². The summed E-state index contributed by atoms with van der Waals surface area (Å²) in [7, 11) is 2.11. The Balaban J connectivity index is 1.97. The zero-order valence-corrected chi connectivity index (χ0v) is 10.3. The Morgan fingerprint density at radius 1 is 1.31 bits per heavy atom. The van der Waals surface area contributed by atoms with Crippen molar-refractivity contribution >= 4 is 5.91 Å². The van der Waals surface area contributed by atoms with Crippen molar-refractivity contribution in [3.63, 3.8) is 0 Å². The van der Waals surface area contributed by atoms with Gasteiger partial charge in [-0.15, -0.1) is 0 Å². The van der Waals surface area contributed by atoms with Crippen molar-refractivity contribution in [1.82, 2.24) is 9.80 Å². The molecule has 2 aliphatic heterocycles. The molecule has 16 heavy (non-hydrogen) atoms. The molecule has 2 saturated heterocycles. The summed E-state index contributed by atoms with van der Waals surface area (Å²) in [5.74, 6) is 1.10. The second-order valence-electron chi connectivity index (χ2n) is 4.93. The lowest BCUT2D eigenvalue weighted by atomic mass is 9.92. The lowest BCUT2D eigenvalue weighted by Crippen LogP contribution is -2.45. The van der Waals surface area contributed by atoms with E-state index in [1.807, 2.05) is 4.90 Å². The highest BCUT2D eigenvalue weighted by atomic mass is 16.5. The van der Waals surface area contributed by atoms with Gasteiger partial charge in [0.1, 0.15) is 0 Å². The van der Waals surface area contributed by atoms with Crippen molar-refractivity contribution in [2.45, 2.75) is 13.3 Å². The third kappa shape index (κ3) is 2.38. The third-order valence-electron chi connectivity index (χ3n) is 3.79. The summed E-state index contributed by atoms with van der Waals surface area (Å²) in [6.45, 7) is 7.12. The average Bonchev–Trinajstić information content (AvgIpc) is 2.70. The molecule has 2 aliphatic rings. The van der Waals surface area contributed by atoms with Gasteiger partial charge in [0.05, 0.1) is 19.1 Å². The van der Waals surface area contributed by atoms with Crippen molar-refractivity contribution in [2.75, 3.05) is 46.4 Å². The largest absolute Gasteiger partial charge is 0.378 e. The molecule has 4 heteroatoms. The summed E-state index contributed by atoms with van der Waals surface area (Å²) >= 11 is 0. The SMILES string of the molecule is CC[C@@H]1CN(C)C[C@@H]1C(=O)N1CCOCC1. The van der Waals surface area contributed by atoms with Crippen molar-refractivity contribution in [3.8, 4) is 0 Å². The molecule has 2 fully saturated rings. The Kier molecular flexibility index (Phi) is 3.82. The number of carbonyl (C=O) groups is 1.